The van der Waals surface area contributed by atoms with E-state index in [-0.39, 0.29) is 12.1 Å². The Bertz CT molecular complexity index is 378. The van der Waals surface area contributed by atoms with E-state index in [1.54, 1.807) is 0 Å². The lowest BCUT2D eigenvalue weighted by molar-refractivity contribution is -0.467. The number of quaternary nitrogens is 1. The lowest BCUT2D eigenvalue weighted by atomic mass is 9.97. The lowest BCUT2D eigenvalue weighted by Crippen LogP contribution is -2.68. The molecule has 3 N–H and O–H groups in total. The highest BCUT2D eigenvalue weighted by Crippen LogP contribution is 2.14. The van der Waals surface area contributed by atoms with Crippen molar-refractivity contribution in [3.63, 3.8) is 0 Å². The molecule has 0 aliphatic carbocycles. The third-order valence-corrected chi connectivity index (χ3v) is 4.74. The molecule has 0 fully saturated rings. The van der Waals surface area contributed by atoms with Crippen LogP contribution in [0.25, 0.3) is 0 Å². The van der Waals surface area contributed by atoms with Gasteiger partial charge in [-0.3, -0.25) is 4.18 Å². The smallest absolute Gasteiger partial charge is 0.217 e. The Hall–Kier alpha value is -0.170. The minimum absolute atomic E-state index is 0.0914. The monoisotopic (exact) mass is 395 g/mol. The minimum Gasteiger partial charge on any atom is -0.726 e. The summed E-state index contributed by atoms with van der Waals surface area (Å²) in [5.74, 6) is 0. The molecule has 0 unspecified atom stereocenters. The third-order valence-electron chi connectivity index (χ3n) is 4.22. The zero-order chi connectivity index (χ0) is 20.3. The molecule has 0 rings (SSSR count). The first-order valence-corrected chi connectivity index (χ1v) is 11.9. The standard InChI is InChI=1S/C18H39N.C2H6O4S/c1-4-5-6-7-8-9-10-11-12-13-14-15-16-17-18(2,3)19;1-2-6-7(3,4)5/h4-17,19H2,1-3H3;2H2,1H3,(H,3,4,5). The van der Waals surface area contributed by atoms with E-state index in [9.17, 15) is 13.0 Å². The molecule has 0 aliphatic heterocycles. The molecule has 0 aromatic carbocycles. The molecular weight excluding hydrogens is 350 g/mol. The molecule has 0 saturated heterocycles. The largest absolute Gasteiger partial charge is 0.726 e. The van der Waals surface area contributed by atoms with Gasteiger partial charge in [0.1, 0.15) is 0 Å². The lowest BCUT2D eigenvalue weighted by Gasteiger charge is -2.13. The highest BCUT2D eigenvalue weighted by atomic mass is 32.3. The van der Waals surface area contributed by atoms with Gasteiger partial charge in [-0.05, 0) is 27.2 Å². The van der Waals surface area contributed by atoms with Crippen molar-refractivity contribution in [2.24, 2.45) is 0 Å². The molecule has 5 nitrogen and oxygen atoms in total. The van der Waals surface area contributed by atoms with E-state index in [0.717, 1.165) is 0 Å². The van der Waals surface area contributed by atoms with Gasteiger partial charge in [-0.25, -0.2) is 8.42 Å². The third kappa shape index (κ3) is 31.6. The Balaban J connectivity index is 0. The predicted octanol–water partition coefficient (Wildman–Crippen LogP) is 4.97. The molecule has 160 valence electrons. The van der Waals surface area contributed by atoms with Crippen LogP contribution in [0.4, 0.5) is 0 Å². The molecule has 0 saturated carbocycles. The summed E-state index contributed by atoms with van der Waals surface area (Å²) in [5, 5.41) is 0. The van der Waals surface area contributed by atoms with Crippen molar-refractivity contribution >= 4 is 10.4 Å². The fourth-order valence-corrected chi connectivity index (χ4v) is 3.05. The van der Waals surface area contributed by atoms with Crippen LogP contribution in [0.1, 0.15) is 118 Å². The van der Waals surface area contributed by atoms with Crippen molar-refractivity contribution in [3.8, 4) is 0 Å². The fraction of sp³-hybridized carbons (Fsp3) is 1.00. The maximum Gasteiger partial charge on any atom is 0.217 e. The molecule has 0 bridgehead atoms. The first-order valence-electron chi connectivity index (χ1n) is 10.6. The van der Waals surface area contributed by atoms with E-state index in [0.29, 0.717) is 0 Å². The molecule has 0 radical (unpaired) electrons. The summed E-state index contributed by atoms with van der Waals surface area (Å²) in [7, 11) is -4.42. The van der Waals surface area contributed by atoms with Crippen LogP contribution in [0.3, 0.4) is 0 Å². The molecule has 0 aromatic rings. The van der Waals surface area contributed by atoms with Crippen LogP contribution >= 0.6 is 0 Å². The van der Waals surface area contributed by atoms with Crippen molar-refractivity contribution in [1.29, 1.82) is 0 Å². The van der Waals surface area contributed by atoms with Gasteiger partial charge in [0.2, 0.25) is 10.4 Å². The quantitative estimate of drug-likeness (QED) is 0.227. The summed E-state index contributed by atoms with van der Waals surface area (Å²) in [6.45, 7) is 8.11. The van der Waals surface area contributed by atoms with Gasteiger partial charge in [-0.1, -0.05) is 84.0 Å². The van der Waals surface area contributed by atoms with Gasteiger partial charge in [0, 0.05) is 6.42 Å². The van der Waals surface area contributed by atoms with Gasteiger partial charge in [-0.15, -0.1) is 0 Å². The van der Waals surface area contributed by atoms with Crippen LogP contribution < -0.4 is 5.73 Å². The Kier molecular flexibility index (Phi) is 19.6. The van der Waals surface area contributed by atoms with E-state index in [1.807, 2.05) is 0 Å². The molecule has 26 heavy (non-hydrogen) atoms. The van der Waals surface area contributed by atoms with E-state index >= 15 is 0 Å². The van der Waals surface area contributed by atoms with Crippen LogP contribution in [0.15, 0.2) is 0 Å². The van der Waals surface area contributed by atoms with Gasteiger partial charge in [0.05, 0.1) is 12.1 Å². The van der Waals surface area contributed by atoms with E-state index < -0.39 is 10.4 Å². The Morgan fingerprint density at radius 2 is 1.12 bits per heavy atom. The minimum atomic E-state index is -4.42. The van der Waals surface area contributed by atoms with Crippen LogP contribution in [0.2, 0.25) is 0 Å². The average molecular weight is 396 g/mol. The Morgan fingerprint density at radius 3 is 1.35 bits per heavy atom. The SMILES string of the molecule is CCCCCCCCCCCCCCCC(C)(C)[NH3+].CCOS(=O)(=O)[O-]. The van der Waals surface area contributed by atoms with Crippen molar-refractivity contribution in [3.05, 3.63) is 0 Å². The van der Waals surface area contributed by atoms with Crippen LogP contribution in [-0.2, 0) is 14.6 Å². The van der Waals surface area contributed by atoms with E-state index in [1.165, 1.54) is 96.8 Å². The fourth-order valence-electron chi connectivity index (χ4n) is 2.77. The first kappa shape index (κ1) is 28.0. The summed E-state index contributed by atoms with van der Waals surface area (Å²) in [5.41, 5.74) is 4.45. The van der Waals surface area contributed by atoms with Gasteiger partial charge in [0.25, 0.3) is 0 Å². The molecule has 0 spiro atoms. The number of unbranched alkanes of at least 4 members (excludes halogenated alkanes) is 12. The van der Waals surface area contributed by atoms with E-state index in [2.05, 4.69) is 30.7 Å². The van der Waals surface area contributed by atoms with Crippen molar-refractivity contribution in [2.45, 2.75) is 123 Å². The average Bonchev–Trinajstić information content (AvgIpc) is 2.50. The second kappa shape index (κ2) is 18.2. The van der Waals surface area contributed by atoms with Crippen molar-refractivity contribution < 1.29 is 22.9 Å². The predicted molar refractivity (Wildman–Crippen MR) is 109 cm³/mol. The van der Waals surface area contributed by atoms with Crippen LogP contribution in [-0.4, -0.2) is 25.1 Å². The number of hydrogen-bond acceptors (Lipinski definition) is 4. The molecular formula is C20H45NO4S. The van der Waals surface area contributed by atoms with Gasteiger partial charge in [-0.2, -0.15) is 0 Å². The summed E-state index contributed by atoms with van der Waals surface area (Å²) in [6, 6.07) is 0. The van der Waals surface area contributed by atoms with Crippen LogP contribution in [0.5, 0.6) is 0 Å². The maximum absolute atomic E-state index is 9.45. The summed E-state index contributed by atoms with van der Waals surface area (Å²) in [6.07, 6.45) is 20.0. The number of hydrogen-bond donors (Lipinski definition) is 1. The molecule has 0 aromatic heterocycles. The molecule has 0 aliphatic rings. The molecule has 0 heterocycles. The highest BCUT2D eigenvalue weighted by molar-refractivity contribution is 7.80. The van der Waals surface area contributed by atoms with E-state index in [4.69, 9.17) is 0 Å². The van der Waals surface area contributed by atoms with Gasteiger partial charge < -0.3 is 10.3 Å². The van der Waals surface area contributed by atoms with Gasteiger partial charge >= 0.3 is 0 Å². The Morgan fingerprint density at radius 1 is 0.769 bits per heavy atom. The van der Waals surface area contributed by atoms with Gasteiger partial charge in [0.15, 0.2) is 0 Å². The van der Waals surface area contributed by atoms with Crippen LogP contribution in [0, 0.1) is 0 Å². The first-order chi connectivity index (χ1) is 12.1. The van der Waals surface area contributed by atoms with Crippen molar-refractivity contribution in [1.82, 2.24) is 0 Å². The van der Waals surface area contributed by atoms with Crippen molar-refractivity contribution in [2.75, 3.05) is 6.61 Å². The maximum atomic E-state index is 9.45. The summed E-state index contributed by atoms with van der Waals surface area (Å²) in [4.78, 5) is 0. The summed E-state index contributed by atoms with van der Waals surface area (Å²) >= 11 is 0. The Labute approximate surface area is 163 Å². The zero-order valence-corrected chi connectivity index (χ0v) is 18.7. The second-order valence-corrected chi connectivity index (χ2v) is 9.02. The number of rotatable bonds is 16. The zero-order valence-electron chi connectivity index (χ0n) is 17.9. The second-order valence-electron chi connectivity index (χ2n) is 7.97. The normalized spacial score (nSPS) is 11.9. The highest BCUT2D eigenvalue weighted by Gasteiger charge is 2.13. The molecule has 0 amide bonds. The topological polar surface area (TPSA) is 94.1 Å². The molecule has 6 heteroatoms. The molecule has 0 atom stereocenters. The summed E-state index contributed by atoms with van der Waals surface area (Å²) < 4.78 is 32.0.